The van der Waals surface area contributed by atoms with Gasteiger partial charge in [0, 0.05) is 0 Å². The van der Waals surface area contributed by atoms with Gasteiger partial charge in [-0.2, -0.15) is 0 Å². The maximum absolute atomic E-state index is 12.5. The fourth-order valence-electron chi connectivity index (χ4n) is 1.78. The van der Waals surface area contributed by atoms with Gasteiger partial charge in [-0.15, -0.1) is 0 Å². The minimum absolute atomic E-state index is 0.0872. The molecule has 7 heteroatoms. The van der Waals surface area contributed by atoms with Crippen LogP contribution in [0.15, 0.2) is 72.9 Å². The molecule has 0 radical (unpaired) electrons. The molecule has 0 aliphatic carbocycles. The van der Waals surface area contributed by atoms with Crippen LogP contribution < -0.4 is 10.5 Å². The minimum Gasteiger partial charge on any atom is -0.466 e. The van der Waals surface area contributed by atoms with E-state index in [-0.39, 0.29) is 17.9 Å². The van der Waals surface area contributed by atoms with Crippen molar-refractivity contribution in [2.75, 3.05) is 6.61 Å². The third-order valence-corrected chi connectivity index (χ3v) is 4.26. The summed E-state index contributed by atoms with van der Waals surface area (Å²) in [4.78, 5) is 11.7. The fraction of sp³-hybridized carbons (Fsp3) is 0.235. The van der Waals surface area contributed by atoms with E-state index in [1.807, 2.05) is 0 Å². The number of nitrogens with one attached hydrogen (secondary N) is 1. The first-order valence-corrected chi connectivity index (χ1v) is 8.68. The van der Waals surface area contributed by atoms with Gasteiger partial charge in [-0.05, 0) is 30.8 Å². The highest BCUT2D eigenvalue weighted by Crippen LogP contribution is 2.15. The number of rotatable bonds is 11. The number of esters is 1. The number of carbonyl (C=O) groups excluding carboxylic acids is 1. The molecule has 0 aliphatic heterocycles. The fourth-order valence-corrected chi connectivity index (χ4v) is 3.04. The predicted octanol–water partition coefficient (Wildman–Crippen LogP) is 2.07. The maximum atomic E-state index is 12.5. The summed E-state index contributed by atoms with van der Waals surface area (Å²) in [5, 5.41) is 0. The average Bonchev–Trinajstić information content (AvgIpc) is 2.51. The van der Waals surface area contributed by atoms with Crippen LogP contribution in [0.5, 0.6) is 0 Å². The molecular formula is C17H24N2O4S. The molecule has 24 heavy (non-hydrogen) atoms. The molecule has 0 saturated heterocycles. The van der Waals surface area contributed by atoms with E-state index < -0.39 is 22.0 Å². The lowest BCUT2D eigenvalue weighted by atomic mass is 10.0. The number of hydrogen-bond donors (Lipinski definition) is 2. The van der Waals surface area contributed by atoms with Crippen LogP contribution in [-0.4, -0.2) is 27.0 Å². The van der Waals surface area contributed by atoms with Crippen molar-refractivity contribution >= 4 is 16.0 Å². The average molecular weight is 352 g/mol. The Morgan fingerprint density at radius 1 is 1.25 bits per heavy atom. The van der Waals surface area contributed by atoms with E-state index in [0.717, 1.165) is 6.20 Å². The second kappa shape index (κ2) is 11.2. The van der Waals surface area contributed by atoms with Crippen molar-refractivity contribution in [3.63, 3.8) is 0 Å². The van der Waals surface area contributed by atoms with Crippen LogP contribution in [0.4, 0.5) is 0 Å². The Bertz CT molecular complexity index is 658. The standard InChI is InChI=1S/C17H24N2O4S/c1-5-9-14(7-3)16(13-17(20)23-8-4)19-24(21,22)15(10-6-2)11-12-18/h5-7,9-12,16,19H,1-3,8,13,18H2,4H3/b12-11+,14-9+,15-10+. The lowest BCUT2D eigenvalue weighted by Crippen LogP contribution is -2.38. The number of ether oxygens (including phenoxy) is 1. The number of nitrogens with two attached hydrogens (primary N) is 1. The van der Waals surface area contributed by atoms with E-state index in [4.69, 9.17) is 10.5 Å². The SMILES string of the molecule is C=C/C=C(\C=C)C(CC(=O)OCC)NS(=O)(=O)C(/C=C/N)=C/C=C. The van der Waals surface area contributed by atoms with Crippen LogP contribution in [0.2, 0.25) is 0 Å². The second-order valence-electron chi connectivity index (χ2n) is 4.45. The molecule has 0 aromatic heterocycles. The summed E-state index contributed by atoms with van der Waals surface area (Å²) in [6.07, 6.45) is 9.23. The van der Waals surface area contributed by atoms with Gasteiger partial charge in [0.15, 0.2) is 0 Å². The highest BCUT2D eigenvalue weighted by Gasteiger charge is 2.25. The third-order valence-electron chi connectivity index (χ3n) is 2.77. The smallest absolute Gasteiger partial charge is 0.307 e. The van der Waals surface area contributed by atoms with E-state index in [1.165, 1.54) is 30.4 Å². The largest absolute Gasteiger partial charge is 0.466 e. The normalized spacial score (nSPS) is 14.2. The van der Waals surface area contributed by atoms with Gasteiger partial charge in [-0.25, -0.2) is 13.1 Å². The van der Waals surface area contributed by atoms with E-state index in [9.17, 15) is 13.2 Å². The summed E-state index contributed by atoms with van der Waals surface area (Å²) >= 11 is 0. The topological polar surface area (TPSA) is 98.5 Å². The van der Waals surface area contributed by atoms with Crippen LogP contribution in [-0.2, 0) is 19.6 Å². The van der Waals surface area contributed by atoms with Gasteiger partial charge in [-0.1, -0.05) is 44.0 Å². The molecule has 0 saturated carbocycles. The molecule has 0 heterocycles. The summed E-state index contributed by atoms with van der Waals surface area (Å²) in [7, 11) is -3.94. The van der Waals surface area contributed by atoms with E-state index in [0.29, 0.717) is 5.57 Å². The van der Waals surface area contributed by atoms with Gasteiger partial charge < -0.3 is 10.5 Å². The Hall–Kier alpha value is -2.38. The van der Waals surface area contributed by atoms with E-state index >= 15 is 0 Å². The van der Waals surface area contributed by atoms with Crippen molar-refractivity contribution in [3.05, 3.63) is 72.9 Å². The zero-order valence-electron chi connectivity index (χ0n) is 13.8. The Balaban J connectivity index is 5.73. The van der Waals surface area contributed by atoms with Gasteiger partial charge in [0.25, 0.3) is 0 Å². The van der Waals surface area contributed by atoms with Gasteiger partial charge in [0.1, 0.15) is 0 Å². The number of sulfonamides is 1. The Morgan fingerprint density at radius 3 is 2.33 bits per heavy atom. The maximum Gasteiger partial charge on any atom is 0.307 e. The summed E-state index contributed by atoms with van der Waals surface area (Å²) in [6, 6.07) is -0.857. The molecule has 1 unspecified atom stereocenters. The first kappa shape index (κ1) is 21.6. The summed E-state index contributed by atoms with van der Waals surface area (Å²) in [5.41, 5.74) is 5.76. The first-order valence-electron chi connectivity index (χ1n) is 7.20. The van der Waals surface area contributed by atoms with E-state index in [1.54, 1.807) is 13.0 Å². The molecule has 0 spiro atoms. The van der Waals surface area contributed by atoms with Crippen LogP contribution in [0, 0.1) is 0 Å². The highest BCUT2D eigenvalue weighted by molar-refractivity contribution is 7.93. The minimum atomic E-state index is -3.94. The van der Waals surface area contributed by atoms with Crippen LogP contribution in [0.3, 0.4) is 0 Å². The van der Waals surface area contributed by atoms with Crippen LogP contribution >= 0.6 is 0 Å². The van der Waals surface area contributed by atoms with E-state index in [2.05, 4.69) is 24.5 Å². The molecule has 0 aliphatic rings. The van der Waals surface area contributed by atoms with Gasteiger partial charge >= 0.3 is 5.97 Å². The molecule has 1 atom stereocenters. The van der Waals surface area contributed by atoms with Crippen molar-refractivity contribution in [2.45, 2.75) is 19.4 Å². The van der Waals surface area contributed by atoms with Gasteiger partial charge in [0.2, 0.25) is 10.0 Å². The molecular weight excluding hydrogens is 328 g/mol. The Kier molecular flexibility index (Phi) is 10.1. The first-order chi connectivity index (χ1) is 11.4. The Labute approximate surface area is 143 Å². The van der Waals surface area contributed by atoms with Crippen molar-refractivity contribution in [2.24, 2.45) is 5.73 Å². The molecule has 6 nitrogen and oxygen atoms in total. The summed E-state index contributed by atoms with van der Waals surface area (Å²) in [6.45, 7) is 12.5. The lowest BCUT2D eigenvalue weighted by Gasteiger charge is -2.19. The zero-order chi connectivity index (χ0) is 18.6. The lowest BCUT2D eigenvalue weighted by molar-refractivity contribution is -0.143. The molecule has 132 valence electrons. The summed E-state index contributed by atoms with van der Waals surface area (Å²) < 4.78 is 32.4. The van der Waals surface area contributed by atoms with Crippen molar-refractivity contribution in [3.8, 4) is 0 Å². The number of allylic oxidation sites excluding steroid dienone is 5. The Morgan fingerprint density at radius 2 is 1.88 bits per heavy atom. The molecule has 0 aromatic carbocycles. The monoisotopic (exact) mass is 352 g/mol. The van der Waals surface area contributed by atoms with Gasteiger partial charge in [0.05, 0.1) is 24.0 Å². The molecule has 0 bridgehead atoms. The second-order valence-corrected chi connectivity index (χ2v) is 6.17. The quantitative estimate of drug-likeness (QED) is 0.438. The van der Waals surface area contributed by atoms with Crippen molar-refractivity contribution in [1.29, 1.82) is 0 Å². The molecule has 0 amide bonds. The summed E-state index contributed by atoms with van der Waals surface area (Å²) in [5.74, 6) is -0.536. The van der Waals surface area contributed by atoms with Crippen molar-refractivity contribution in [1.82, 2.24) is 4.72 Å². The molecule has 3 N–H and O–H groups in total. The van der Waals surface area contributed by atoms with Crippen LogP contribution in [0.25, 0.3) is 0 Å². The predicted molar refractivity (Wildman–Crippen MR) is 97.2 cm³/mol. The number of carbonyl (C=O) groups is 1. The zero-order valence-corrected chi connectivity index (χ0v) is 14.6. The third kappa shape index (κ3) is 7.26. The number of hydrogen-bond acceptors (Lipinski definition) is 5. The van der Waals surface area contributed by atoms with Crippen molar-refractivity contribution < 1.29 is 17.9 Å². The highest BCUT2D eigenvalue weighted by atomic mass is 32.2. The molecule has 0 fully saturated rings. The van der Waals surface area contributed by atoms with Crippen LogP contribution in [0.1, 0.15) is 13.3 Å². The molecule has 0 rings (SSSR count). The van der Waals surface area contributed by atoms with Gasteiger partial charge in [-0.3, -0.25) is 4.79 Å². The molecule has 0 aromatic rings.